The van der Waals surface area contributed by atoms with Crippen molar-refractivity contribution in [1.82, 2.24) is 0 Å². The highest BCUT2D eigenvalue weighted by molar-refractivity contribution is 4.67. The maximum Gasteiger partial charge on any atom is 0.0590 e. The van der Waals surface area contributed by atoms with Crippen LogP contribution < -0.4 is 0 Å². The van der Waals surface area contributed by atoms with Gasteiger partial charge in [-0.25, -0.2) is 0 Å². The van der Waals surface area contributed by atoms with Crippen LogP contribution in [0.15, 0.2) is 0 Å². The molecule has 0 aromatic carbocycles. The average Bonchev–Trinajstić information content (AvgIpc) is 1.87. The fourth-order valence-corrected chi connectivity index (χ4v) is 0.880. The molecule has 0 aromatic heterocycles. The molecule has 2 heteroatoms. The van der Waals surface area contributed by atoms with Crippen molar-refractivity contribution in [1.29, 1.82) is 0 Å². The second-order valence-electron chi connectivity index (χ2n) is 2.96. The Morgan fingerprint density at radius 2 is 1.70 bits per heavy atom. The van der Waals surface area contributed by atoms with Gasteiger partial charge in [0.05, 0.1) is 12.2 Å². The van der Waals surface area contributed by atoms with Crippen molar-refractivity contribution in [3.05, 3.63) is 0 Å². The predicted molar refractivity (Wildman–Crippen MR) is 41.8 cm³/mol. The molecule has 0 aliphatic carbocycles. The Morgan fingerprint density at radius 3 is 2.00 bits per heavy atom. The van der Waals surface area contributed by atoms with Crippen LogP contribution in [-0.4, -0.2) is 22.4 Å². The van der Waals surface area contributed by atoms with E-state index in [-0.39, 0.29) is 12.0 Å². The van der Waals surface area contributed by atoms with Gasteiger partial charge in [-0.15, -0.1) is 0 Å². The second kappa shape index (κ2) is 4.69. The van der Waals surface area contributed by atoms with Crippen LogP contribution in [0.3, 0.4) is 0 Å². The molecule has 0 radical (unpaired) electrons. The summed E-state index contributed by atoms with van der Waals surface area (Å²) in [5.74, 6) is -0.0000463. The molecule has 0 fully saturated rings. The Bertz CT molecular complexity index is 81.3. The highest BCUT2D eigenvalue weighted by Crippen LogP contribution is 2.12. The summed E-state index contributed by atoms with van der Waals surface area (Å²) in [4.78, 5) is 0. The second-order valence-corrected chi connectivity index (χ2v) is 2.96. The van der Waals surface area contributed by atoms with Gasteiger partial charge in [0.25, 0.3) is 0 Å². The van der Waals surface area contributed by atoms with Gasteiger partial charge in [-0.05, 0) is 13.3 Å². The third-order valence-electron chi connectivity index (χ3n) is 1.95. The minimum Gasteiger partial charge on any atom is -0.393 e. The lowest BCUT2D eigenvalue weighted by Crippen LogP contribution is -2.26. The van der Waals surface area contributed by atoms with Crippen molar-refractivity contribution >= 4 is 0 Å². The van der Waals surface area contributed by atoms with Crippen molar-refractivity contribution in [2.45, 2.75) is 45.8 Å². The first-order valence-electron chi connectivity index (χ1n) is 3.95. The molecule has 0 rings (SSSR count). The van der Waals surface area contributed by atoms with Gasteiger partial charge in [0.15, 0.2) is 0 Å². The molecule has 0 bridgehead atoms. The maximum atomic E-state index is 9.33. The maximum absolute atomic E-state index is 9.33. The molecule has 0 spiro atoms. The molecule has 2 nitrogen and oxygen atoms in total. The van der Waals surface area contributed by atoms with Crippen LogP contribution in [0.2, 0.25) is 0 Å². The molecule has 0 aromatic rings. The topological polar surface area (TPSA) is 40.5 Å². The fourth-order valence-electron chi connectivity index (χ4n) is 0.880. The van der Waals surface area contributed by atoms with Gasteiger partial charge >= 0.3 is 0 Å². The molecule has 10 heavy (non-hydrogen) atoms. The molecule has 0 heterocycles. The molecule has 0 saturated carbocycles. The van der Waals surface area contributed by atoms with Crippen LogP contribution in [0.4, 0.5) is 0 Å². The minimum absolute atomic E-state index is 0.0000463. The SMILES string of the molecule is CCC[C@H](O)[C@@H](C)[C@H](C)O. The lowest BCUT2D eigenvalue weighted by atomic mass is 9.96. The highest BCUT2D eigenvalue weighted by atomic mass is 16.3. The average molecular weight is 146 g/mol. The Kier molecular flexibility index (Phi) is 4.65. The van der Waals surface area contributed by atoms with E-state index in [0.717, 1.165) is 12.8 Å². The van der Waals surface area contributed by atoms with E-state index in [2.05, 4.69) is 0 Å². The van der Waals surface area contributed by atoms with Crippen LogP contribution >= 0.6 is 0 Å². The third kappa shape index (κ3) is 3.18. The van der Waals surface area contributed by atoms with E-state index in [9.17, 15) is 5.11 Å². The lowest BCUT2D eigenvalue weighted by Gasteiger charge is -2.20. The Balaban J connectivity index is 3.58. The molecule has 2 N–H and O–H groups in total. The first-order valence-corrected chi connectivity index (χ1v) is 3.95. The summed E-state index contributed by atoms with van der Waals surface area (Å²) in [7, 11) is 0. The quantitative estimate of drug-likeness (QED) is 0.625. The van der Waals surface area contributed by atoms with Crippen molar-refractivity contribution in [2.24, 2.45) is 5.92 Å². The van der Waals surface area contributed by atoms with Crippen LogP contribution in [0.25, 0.3) is 0 Å². The van der Waals surface area contributed by atoms with E-state index in [0.29, 0.717) is 0 Å². The number of rotatable bonds is 4. The van der Waals surface area contributed by atoms with E-state index in [1.54, 1.807) is 6.92 Å². The van der Waals surface area contributed by atoms with Gasteiger partial charge in [-0.2, -0.15) is 0 Å². The van der Waals surface area contributed by atoms with Crippen molar-refractivity contribution in [3.63, 3.8) is 0 Å². The summed E-state index contributed by atoms with van der Waals surface area (Å²) in [5, 5.41) is 18.4. The first-order chi connectivity index (χ1) is 4.59. The van der Waals surface area contributed by atoms with Crippen LogP contribution in [0.1, 0.15) is 33.6 Å². The summed E-state index contributed by atoms with van der Waals surface area (Å²) < 4.78 is 0. The van der Waals surface area contributed by atoms with Crippen molar-refractivity contribution in [3.8, 4) is 0 Å². The number of aliphatic hydroxyl groups is 2. The van der Waals surface area contributed by atoms with Gasteiger partial charge in [0.2, 0.25) is 0 Å². The fraction of sp³-hybridized carbons (Fsp3) is 1.00. The Hall–Kier alpha value is -0.0800. The predicted octanol–water partition coefficient (Wildman–Crippen LogP) is 1.16. The molecular formula is C8H18O2. The number of hydrogen-bond acceptors (Lipinski definition) is 2. The number of hydrogen-bond donors (Lipinski definition) is 2. The Morgan fingerprint density at radius 1 is 1.20 bits per heavy atom. The van der Waals surface area contributed by atoms with Gasteiger partial charge < -0.3 is 10.2 Å². The van der Waals surface area contributed by atoms with E-state index in [1.165, 1.54) is 0 Å². The van der Waals surface area contributed by atoms with Gasteiger partial charge in [-0.3, -0.25) is 0 Å². The van der Waals surface area contributed by atoms with Gasteiger partial charge in [0, 0.05) is 5.92 Å². The largest absolute Gasteiger partial charge is 0.393 e. The summed E-state index contributed by atoms with van der Waals surface area (Å²) in [6.45, 7) is 5.60. The smallest absolute Gasteiger partial charge is 0.0590 e. The molecule has 62 valence electrons. The number of aliphatic hydroxyl groups excluding tert-OH is 2. The van der Waals surface area contributed by atoms with E-state index in [4.69, 9.17) is 5.11 Å². The Labute approximate surface area is 62.9 Å². The minimum atomic E-state index is -0.401. The zero-order chi connectivity index (χ0) is 8.15. The van der Waals surface area contributed by atoms with E-state index in [1.807, 2.05) is 13.8 Å². The summed E-state index contributed by atoms with van der Waals surface area (Å²) in [5.41, 5.74) is 0. The van der Waals surface area contributed by atoms with Crippen LogP contribution in [-0.2, 0) is 0 Å². The molecule has 0 aliphatic rings. The third-order valence-corrected chi connectivity index (χ3v) is 1.95. The van der Waals surface area contributed by atoms with E-state index < -0.39 is 6.10 Å². The highest BCUT2D eigenvalue weighted by Gasteiger charge is 2.17. The lowest BCUT2D eigenvalue weighted by molar-refractivity contribution is 0.0268. The zero-order valence-electron chi connectivity index (χ0n) is 7.04. The van der Waals surface area contributed by atoms with Gasteiger partial charge in [0.1, 0.15) is 0 Å². The first kappa shape index (κ1) is 9.92. The van der Waals surface area contributed by atoms with Crippen LogP contribution in [0.5, 0.6) is 0 Å². The van der Waals surface area contributed by atoms with Crippen LogP contribution in [0, 0.1) is 5.92 Å². The normalized spacial score (nSPS) is 20.1. The zero-order valence-corrected chi connectivity index (χ0v) is 7.04. The summed E-state index contributed by atoms with van der Waals surface area (Å²) in [6.07, 6.45) is 1.01. The summed E-state index contributed by atoms with van der Waals surface area (Å²) >= 11 is 0. The van der Waals surface area contributed by atoms with E-state index >= 15 is 0 Å². The molecule has 3 atom stereocenters. The standard InChI is InChI=1S/C8H18O2/c1-4-5-8(10)6(2)7(3)9/h6-10H,4-5H2,1-3H3/t6-,7-,8-/m0/s1. The van der Waals surface area contributed by atoms with Crippen molar-refractivity contribution < 1.29 is 10.2 Å². The summed E-state index contributed by atoms with van der Waals surface area (Å²) in [6, 6.07) is 0. The molecular weight excluding hydrogens is 128 g/mol. The molecule has 0 saturated heterocycles. The molecule has 0 unspecified atom stereocenters. The van der Waals surface area contributed by atoms with Gasteiger partial charge in [-0.1, -0.05) is 20.3 Å². The molecule has 0 amide bonds. The molecule has 0 aliphatic heterocycles. The monoisotopic (exact) mass is 146 g/mol. The van der Waals surface area contributed by atoms with Crippen molar-refractivity contribution in [2.75, 3.05) is 0 Å².